The van der Waals surface area contributed by atoms with E-state index in [-0.39, 0.29) is 0 Å². The number of unbranched alkanes of at least 4 members (excludes halogenated alkanes) is 3. The maximum absolute atomic E-state index is 3.03. The predicted octanol–water partition coefficient (Wildman–Crippen LogP) is 12.2. The van der Waals surface area contributed by atoms with Gasteiger partial charge in [0, 0.05) is 0 Å². The van der Waals surface area contributed by atoms with Gasteiger partial charge >= 0.3 is 267 Å². The fourth-order valence-corrected chi connectivity index (χ4v) is 41.3. The van der Waals surface area contributed by atoms with E-state index in [9.17, 15) is 0 Å². The first-order chi connectivity index (χ1) is 20.7. The maximum atomic E-state index is 2.80. The predicted molar refractivity (Wildman–Crippen MR) is 187 cm³/mol. The second kappa shape index (κ2) is 11.1. The van der Waals surface area contributed by atoms with E-state index in [0.717, 1.165) is 0 Å². The zero-order chi connectivity index (χ0) is 29.9. The molecule has 0 nitrogen and oxygen atoms in total. The van der Waals surface area contributed by atoms with Crippen molar-refractivity contribution in [2.24, 2.45) is 0 Å². The molecule has 0 aromatic heterocycles. The topological polar surface area (TPSA) is 0 Å². The molecule has 0 amide bonds. The molecule has 4 aromatic rings. The third kappa shape index (κ3) is 4.70. The van der Waals surface area contributed by atoms with E-state index in [2.05, 4.69) is 134 Å². The van der Waals surface area contributed by atoms with Crippen molar-refractivity contribution in [1.29, 1.82) is 0 Å². The van der Waals surface area contributed by atoms with Gasteiger partial charge in [0.25, 0.3) is 0 Å². The van der Waals surface area contributed by atoms with Crippen molar-refractivity contribution in [2.45, 2.75) is 75.8 Å². The summed E-state index contributed by atoms with van der Waals surface area (Å²) in [6.45, 7) is 9.50. The third-order valence-electron chi connectivity index (χ3n) is 11.1. The van der Waals surface area contributed by atoms with Crippen molar-refractivity contribution in [2.75, 3.05) is 0 Å². The molecule has 1 fully saturated rings. The molecule has 3 aliphatic rings. The molecule has 0 bridgehead atoms. The van der Waals surface area contributed by atoms with Crippen LogP contribution in [0.5, 0.6) is 0 Å². The molecule has 2 atom stereocenters. The molecule has 0 saturated carbocycles. The van der Waals surface area contributed by atoms with Crippen LogP contribution < -0.4 is 0 Å². The van der Waals surface area contributed by atoms with E-state index in [4.69, 9.17) is 0 Å². The van der Waals surface area contributed by atoms with Crippen LogP contribution in [0.2, 0.25) is 22.0 Å². The van der Waals surface area contributed by atoms with Crippen molar-refractivity contribution in [3.05, 3.63) is 129 Å². The van der Waals surface area contributed by atoms with E-state index >= 15 is 0 Å². The molecule has 1 aliphatic heterocycles. The van der Waals surface area contributed by atoms with Gasteiger partial charge in [-0.3, -0.25) is 0 Å². The van der Waals surface area contributed by atoms with Crippen LogP contribution >= 0.6 is 0 Å². The molecule has 1 heterocycles. The molecule has 0 N–H and O–H groups in total. The van der Waals surface area contributed by atoms with Gasteiger partial charge in [-0.1, -0.05) is 0 Å². The van der Waals surface area contributed by atoms with Gasteiger partial charge < -0.3 is 0 Å². The molecule has 0 spiro atoms. The number of rotatable bonds is 7. The summed E-state index contributed by atoms with van der Waals surface area (Å²) in [4.78, 5) is 0. The Morgan fingerprint density at radius 1 is 0.605 bits per heavy atom. The van der Waals surface area contributed by atoms with E-state index in [1.165, 1.54) is 65.1 Å². The minimum absolute atomic E-state index is 0.687. The van der Waals surface area contributed by atoms with Crippen molar-refractivity contribution >= 4 is 20.2 Å². The average Bonchev–Trinajstić information content (AvgIpc) is 3.61. The first-order valence-electron chi connectivity index (χ1n) is 16.6. The van der Waals surface area contributed by atoms with Crippen molar-refractivity contribution in [3.63, 3.8) is 0 Å². The molecule has 7 rings (SSSR count). The van der Waals surface area contributed by atoms with Gasteiger partial charge in [-0.05, 0) is 0 Å². The zero-order valence-electron chi connectivity index (χ0n) is 26.9. The Morgan fingerprint density at radius 2 is 1.07 bits per heavy atom. The monoisotopic (exact) mass is 746 g/mol. The van der Waals surface area contributed by atoms with Crippen LogP contribution in [0.15, 0.2) is 95.3 Å². The van der Waals surface area contributed by atoms with Gasteiger partial charge in [0.1, 0.15) is 0 Å². The number of benzene rings is 4. The summed E-state index contributed by atoms with van der Waals surface area (Å²) >= 11 is -3.03. The van der Waals surface area contributed by atoms with Crippen LogP contribution in [0.4, 0.5) is 0 Å². The number of aryl methyl sites for hydroxylation is 2. The van der Waals surface area contributed by atoms with Crippen LogP contribution in [0, 0.1) is 13.8 Å². The van der Waals surface area contributed by atoms with Gasteiger partial charge in [-0.15, -0.1) is 0 Å². The summed E-state index contributed by atoms with van der Waals surface area (Å²) in [6, 6.07) is 34.3. The van der Waals surface area contributed by atoms with Crippen molar-refractivity contribution in [1.82, 2.24) is 0 Å². The normalized spacial score (nSPS) is 22.7. The number of hydrogen-bond donors (Lipinski definition) is 0. The Hall–Kier alpha value is -2.55. The Morgan fingerprint density at radius 3 is 1.51 bits per heavy atom. The second-order valence-electron chi connectivity index (χ2n) is 14.4. The first kappa shape index (κ1) is 29.2. The molecule has 4 aromatic carbocycles. The minimum atomic E-state index is -3.03. The molecule has 0 radical (unpaired) electrons. The van der Waals surface area contributed by atoms with Gasteiger partial charge in [0.15, 0.2) is 0 Å². The van der Waals surface area contributed by atoms with Crippen LogP contribution in [-0.4, -0.2) is 8.07 Å². The second-order valence-corrected chi connectivity index (χ2v) is 35.9. The van der Waals surface area contributed by atoms with E-state index in [1.807, 2.05) is 10.4 Å². The Bertz CT molecular complexity index is 1630. The number of hydrogen-bond acceptors (Lipinski definition) is 0. The SMILES string of the molecule is CCCCCC[Si]1(C)C2=Cc3c(-c4ccc(C)cc4)cccc3[CH]2[Hf]([CH3])([CH3])[CH]2C1=Cc1c(-c3ccc(C)cc3)cccc12. The Kier molecular flexibility index (Phi) is 7.54. The van der Waals surface area contributed by atoms with Crippen LogP contribution in [-0.2, 0) is 20.0 Å². The summed E-state index contributed by atoms with van der Waals surface area (Å²) in [5.41, 5.74) is 14.7. The summed E-state index contributed by atoms with van der Waals surface area (Å²) in [5, 5.41) is 3.77. The number of allylic oxidation sites excluding steroid dienone is 2. The fraction of sp³-hybridized carbons (Fsp3) is 0.317. The molecular weight excluding hydrogens is 699 g/mol. The van der Waals surface area contributed by atoms with E-state index in [1.54, 1.807) is 22.3 Å². The summed E-state index contributed by atoms with van der Waals surface area (Å²) < 4.78 is 6.98. The summed E-state index contributed by atoms with van der Waals surface area (Å²) in [7, 11) is -1.92. The average molecular weight is 745 g/mol. The molecule has 2 aliphatic carbocycles. The van der Waals surface area contributed by atoms with E-state index < -0.39 is 28.0 Å². The van der Waals surface area contributed by atoms with Gasteiger partial charge in [-0.2, -0.15) is 0 Å². The van der Waals surface area contributed by atoms with Gasteiger partial charge in [0.05, 0.1) is 0 Å². The van der Waals surface area contributed by atoms with Crippen LogP contribution in [0.3, 0.4) is 0 Å². The molecule has 1 saturated heterocycles. The summed E-state index contributed by atoms with van der Waals surface area (Å²) in [5.74, 6) is 0. The molecule has 2 unspecified atom stereocenters. The first-order valence-corrected chi connectivity index (χ1v) is 30.6. The van der Waals surface area contributed by atoms with Crippen LogP contribution in [0.25, 0.3) is 34.4 Å². The van der Waals surface area contributed by atoms with E-state index in [0.29, 0.717) is 7.35 Å². The zero-order valence-corrected chi connectivity index (χ0v) is 31.5. The van der Waals surface area contributed by atoms with Crippen molar-refractivity contribution < 1.29 is 20.0 Å². The quantitative estimate of drug-likeness (QED) is 0.131. The summed E-state index contributed by atoms with van der Waals surface area (Å²) in [6.07, 6.45) is 10.9. The van der Waals surface area contributed by atoms with Gasteiger partial charge in [-0.25, -0.2) is 0 Å². The van der Waals surface area contributed by atoms with Crippen LogP contribution in [0.1, 0.15) is 73.3 Å². The fourth-order valence-electron chi connectivity index (χ4n) is 8.86. The molecule has 2 heteroatoms. The van der Waals surface area contributed by atoms with Crippen molar-refractivity contribution in [3.8, 4) is 22.3 Å². The number of fused-ring (bicyclic) bond motifs is 6. The van der Waals surface area contributed by atoms with Gasteiger partial charge in [0.2, 0.25) is 0 Å². The molecular formula is C41H46HfSi. The molecule has 218 valence electrons. The molecule has 43 heavy (non-hydrogen) atoms. The Balaban J connectivity index is 1.42. The standard InChI is InChI=1S/C39H40Si.2CH3.Hf/c1-5-6-7-8-23-40(4,34-24-32-11-9-13-36(38(32)26-34)30-19-15-28(2)16-20-30)35-25-33-12-10-14-37(39(33)27-35)31-21-17-29(3)18-22-31;;;/h9-22,24-27H,5-8,23H2,1-4H3;2*1H3;. The third-order valence-corrected chi connectivity index (χ3v) is 33.1. The Labute approximate surface area is 265 Å².